The number of halogens is 1. The van der Waals surface area contributed by atoms with E-state index in [2.05, 4.69) is 36.6 Å². The summed E-state index contributed by atoms with van der Waals surface area (Å²) in [6.45, 7) is 5.16. The van der Waals surface area contributed by atoms with Gasteiger partial charge in [0, 0.05) is 31.1 Å². The lowest BCUT2D eigenvalue weighted by Crippen LogP contribution is -2.32. The van der Waals surface area contributed by atoms with Crippen molar-refractivity contribution in [1.29, 1.82) is 0 Å². The Morgan fingerprint density at radius 1 is 0.929 bits per heavy atom. The Balaban J connectivity index is 0.00000392. The summed E-state index contributed by atoms with van der Waals surface area (Å²) in [4.78, 5) is 23.9. The molecule has 2 amide bonds. The lowest BCUT2D eigenvalue weighted by atomic mass is 9.99. The third-order valence-electron chi connectivity index (χ3n) is 4.45. The number of rotatable bonds is 9. The Morgan fingerprint density at radius 3 is 2.14 bits per heavy atom. The van der Waals surface area contributed by atoms with Gasteiger partial charge in [-0.25, -0.2) is 0 Å². The van der Waals surface area contributed by atoms with Gasteiger partial charge in [0.1, 0.15) is 0 Å². The highest BCUT2D eigenvalue weighted by Crippen LogP contribution is 2.17. The fraction of sp³-hybridized carbons (Fsp3) is 0.364. The molecule has 6 heteroatoms. The first-order chi connectivity index (χ1) is 13.0. The maximum atomic E-state index is 12.0. The number of nitrogens with two attached hydrogens (primary N) is 1. The molecule has 0 aliphatic heterocycles. The molecule has 0 aromatic heterocycles. The minimum Gasteiger partial charge on any atom is -0.354 e. The van der Waals surface area contributed by atoms with Crippen molar-refractivity contribution in [2.75, 3.05) is 13.1 Å². The molecule has 5 nitrogen and oxygen atoms in total. The molecule has 152 valence electrons. The average Bonchev–Trinajstić information content (AvgIpc) is 2.70. The molecule has 1 atom stereocenters. The van der Waals surface area contributed by atoms with Gasteiger partial charge in [-0.3, -0.25) is 9.59 Å². The zero-order chi connectivity index (χ0) is 19.6. The maximum Gasteiger partial charge on any atom is 0.251 e. The molecular formula is C22H30ClN3O2. The van der Waals surface area contributed by atoms with Gasteiger partial charge in [0.15, 0.2) is 0 Å². The van der Waals surface area contributed by atoms with E-state index in [1.165, 1.54) is 5.56 Å². The predicted molar refractivity (Wildman–Crippen MR) is 116 cm³/mol. The van der Waals surface area contributed by atoms with Crippen molar-refractivity contribution in [3.8, 4) is 0 Å². The average molecular weight is 404 g/mol. The van der Waals surface area contributed by atoms with Gasteiger partial charge in [-0.1, -0.05) is 56.3 Å². The van der Waals surface area contributed by atoms with Crippen LogP contribution in [0, 0.1) is 0 Å². The number of nitrogens with one attached hydrogen (secondary N) is 2. The van der Waals surface area contributed by atoms with Crippen LogP contribution in [0.2, 0.25) is 0 Å². The summed E-state index contributed by atoms with van der Waals surface area (Å²) in [6.07, 6.45) is 0.941. The molecule has 28 heavy (non-hydrogen) atoms. The van der Waals surface area contributed by atoms with Gasteiger partial charge >= 0.3 is 0 Å². The first kappa shape index (κ1) is 23.7. The van der Waals surface area contributed by atoms with Gasteiger partial charge < -0.3 is 16.4 Å². The monoisotopic (exact) mass is 403 g/mol. The second kappa shape index (κ2) is 12.2. The quantitative estimate of drug-likeness (QED) is 0.559. The Morgan fingerprint density at radius 2 is 1.54 bits per heavy atom. The molecule has 0 aliphatic carbocycles. The molecule has 2 aromatic carbocycles. The van der Waals surface area contributed by atoms with Crippen LogP contribution < -0.4 is 16.4 Å². The van der Waals surface area contributed by atoms with E-state index in [1.54, 1.807) is 12.1 Å². The second-order valence-electron chi connectivity index (χ2n) is 6.96. The second-order valence-corrected chi connectivity index (χ2v) is 6.96. The molecule has 0 aliphatic rings. The molecule has 2 rings (SSSR count). The van der Waals surface area contributed by atoms with Crippen molar-refractivity contribution < 1.29 is 9.59 Å². The fourth-order valence-corrected chi connectivity index (χ4v) is 2.70. The molecule has 0 bridgehead atoms. The largest absolute Gasteiger partial charge is 0.354 e. The Hall–Kier alpha value is -2.37. The minimum atomic E-state index is -0.229. The lowest BCUT2D eigenvalue weighted by Gasteiger charge is -2.14. The zero-order valence-corrected chi connectivity index (χ0v) is 17.3. The summed E-state index contributed by atoms with van der Waals surface area (Å²) in [7, 11) is 0. The van der Waals surface area contributed by atoms with Gasteiger partial charge in [-0.15, -0.1) is 12.4 Å². The SMILES string of the molecule is CC(C)c1ccc(C(N)CNC(=O)CCCNC(=O)c2ccccc2)cc1.Cl. The van der Waals surface area contributed by atoms with E-state index in [0.717, 1.165) is 5.56 Å². The van der Waals surface area contributed by atoms with Gasteiger partial charge in [-0.05, 0) is 35.6 Å². The van der Waals surface area contributed by atoms with E-state index in [-0.39, 0.29) is 30.3 Å². The highest BCUT2D eigenvalue weighted by molar-refractivity contribution is 5.94. The lowest BCUT2D eigenvalue weighted by molar-refractivity contribution is -0.121. The van der Waals surface area contributed by atoms with Crippen molar-refractivity contribution in [2.24, 2.45) is 5.73 Å². The molecule has 0 saturated heterocycles. The van der Waals surface area contributed by atoms with Crippen molar-refractivity contribution in [3.63, 3.8) is 0 Å². The Kier molecular flexibility index (Phi) is 10.3. The van der Waals surface area contributed by atoms with E-state index in [4.69, 9.17) is 5.73 Å². The van der Waals surface area contributed by atoms with Crippen LogP contribution >= 0.6 is 12.4 Å². The van der Waals surface area contributed by atoms with E-state index in [1.807, 2.05) is 30.3 Å². The molecule has 0 saturated carbocycles. The molecule has 2 aromatic rings. The first-order valence-corrected chi connectivity index (χ1v) is 9.42. The topological polar surface area (TPSA) is 84.2 Å². The number of carbonyl (C=O) groups excluding carboxylic acids is 2. The van der Waals surface area contributed by atoms with Crippen LogP contribution in [0.4, 0.5) is 0 Å². The van der Waals surface area contributed by atoms with Gasteiger partial charge in [0.05, 0.1) is 0 Å². The van der Waals surface area contributed by atoms with Crippen LogP contribution in [0.3, 0.4) is 0 Å². The first-order valence-electron chi connectivity index (χ1n) is 9.42. The van der Waals surface area contributed by atoms with Crippen LogP contribution in [0.5, 0.6) is 0 Å². The highest BCUT2D eigenvalue weighted by Gasteiger charge is 2.09. The Bertz CT molecular complexity index is 733. The van der Waals surface area contributed by atoms with E-state index >= 15 is 0 Å². The smallest absolute Gasteiger partial charge is 0.251 e. The van der Waals surface area contributed by atoms with Crippen LogP contribution in [-0.4, -0.2) is 24.9 Å². The molecule has 1 unspecified atom stereocenters. The van der Waals surface area contributed by atoms with Crippen molar-refractivity contribution in [3.05, 3.63) is 71.3 Å². The van der Waals surface area contributed by atoms with Gasteiger partial charge in [0.25, 0.3) is 5.91 Å². The maximum absolute atomic E-state index is 12.0. The van der Waals surface area contributed by atoms with E-state index < -0.39 is 0 Å². The van der Waals surface area contributed by atoms with Crippen molar-refractivity contribution >= 4 is 24.2 Å². The summed E-state index contributed by atoms with van der Waals surface area (Å²) in [5.41, 5.74) is 9.06. The van der Waals surface area contributed by atoms with Crippen LogP contribution in [0.15, 0.2) is 54.6 Å². The molecule has 0 radical (unpaired) electrons. The number of amides is 2. The summed E-state index contributed by atoms with van der Waals surface area (Å²) in [5.74, 6) is 0.304. The van der Waals surface area contributed by atoms with Crippen molar-refractivity contribution in [2.45, 2.75) is 38.6 Å². The minimum absolute atomic E-state index is 0. The number of hydrogen-bond donors (Lipinski definition) is 3. The van der Waals surface area contributed by atoms with Crippen LogP contribution in [0.25, 0.3) is 0 Å². The molecule has 4 N–H and O–H groups in total. The fourth-order valence-electron chi connectivity index (χ4n) is 2.70. The van der Waals surface area contributed by atoms with E-state index in [0.29, 0.717) is 37.4 Å². The van der Waals surface area contributed by atoms with E-state index in [9.17, 15) is 9.59 Å². The summed E-state index contributed by atoms with van der Waals surface area (Å²) in [5, 5.41) is 5.68. The van der Waals surface area contributed by atoms with Crippen LogP contribution in [-0.2, 0) is 4.79 Å². The van der Waals surface area contributed by atoms with Gasteiger partial charge in [0.2, 0.25) is 5.91 Å². The predicted octanol–water partition coefficient (Wildman–Crippen LogP) is 3.56. The standard InChI is InChI=1S/C22H29N3O2.ClH/c1-16(2)17-10-12-18(13-11-17)20(23)15-25-21(26)9-6-14-24-22(27)19-7-4-3-5-8-19;/h3-5,7-8,10-13,16,20H,6,9,14-15,23H2,1-2H3,(H,24,27)(H,25,26);1H. The third kappa shape index (κ3) is 7.71. The summed E-state index contributed by atoms with van der Waals surface area (Å²) in [6, 6.07) is 17.0. The third-order valence-corrected chi connectivity index (χ3v) is 4.45. The zero-order valence-electron chi connectivity index (χ0n) is 16.5. The highest BCUT2D eigenvalue weighted by atomic mass is 35.5. The van der Waals surface area contributed by atoms with Crippen LogP contribution in [0.1, 0.15) is 60.1 Å². The molecule has 0 spiro atoms. The number of carbonyl (C=O) groups is 2. The Labute approximate surface area is 173 Å². The van der Waals surface area contributed by atoms with Crippen molar-refractivity contribution in [1.82, 2.24) is 10.6 Å². The normalized spacial score (nSPS) is 11.4. The molecule has 0 heterocycles. The molecular weight excluding hydrogens is 374 g/mol. The summed E-state index contributed by atoms with van der Waals surface area (Å²) < 4.78 is 0. The number of hydrogen-bond acceptors (Lipinski definition) is 3. The number of benzene rings is 2. The summed E-state index contributed by atoms with van der Waals surface area (Å²) >= 11 is 0. The van der Waals surface area contributed by atoms with Gasteiger partial charge in [-0.2, -0.15) is 0 Å². The molecule has 0 fully saturated rings.